The Morgan fingerprint density at radius 2 is 2.08 bits per heavy atom. The van der Waals surface area contributed by atoms with E-state index in [2.05, 4.69) is 5.32 Å². The van der Waals surface area contributed by atoms with Gasteiger partial charge in [0.05, 0.1) is 17.0 Å². The van der Waals surface area contributed by atoms with Crippen LogP contribution < -0.4 is 10.5 Å². The number of benzene rings is 1. The van der Waals surface area contributed by atoms with Crippen LogP contribution in [0.4, 0.5) is 0 Å². The second-order valence-corrected chi connectivity index (χ2v) is 8.91. The van der Waals surface area contributed by atoms with Gasteiger partial charge < -0.3 is 10.4 Å². The maximum Gasteiger partial charge on any atom is 0.252 e. The molecular weight excluding hydrogens is 360 g/mol. The quantitative estimate of drug-likeness (QED) is 0.736. The van der Waals surface area contributed by atoms with Gasteiger partial charge in [-0.25, -0.2) is 13.6 Å². The minimum Gasteiger partial charge on any atom is -0.393 e. The van der Waals surface area contributed by atoms with Crippen LogP contribution in [0.2, 0.25) is 0 Å². The molecule has 0 spiro atoms. The lowest BCUT2D eigenvalue weighted by Crippen LogP contribution is -2.41. The summed E-state index contributed by atoms with van der Waals surface area (Å²) in [5.74, 6) is -0.179. The molecule has 0 bridgehead atoms. The molecule has 3 rings (SSSR count). The van der Waals surface area contributed by atoms with Gasteiger partial charge in [-0.2, -0.15) is 0 Å². The molecule has 0 unspecified atom stereocenters. The highest BCUT2D eigenvalue weighted by molar-refractivity contribution is 7.89. The summed E-state index contributed by atoms with van der Waals surface area (Å²) in [4.78, 5) is 13.7. The van der Waals surface area contributed by atoms with Crippen LogP contribution in [0.15, 0.2) is 40.6 Å². The fourth-order valence-corrected chi connectivity index (χ4v) is 4.44. The van der Waals surface area contributed by atoms with Gasteiger partial charge in [-0.05, 0) is 54.8 Å². The van der Waals surface area contributed by atoms with Crippen molar-refractivity contribution < 1.29 is 18.3 Å². The van der Waals surface area contributed by atoms with Crippen LogP contribution in [0, 0.1) is 12.8 Å². The SMILES string of the molecule is Cc1ccc(S(N)(=O)=O)cc1C(=O)N[C@H](c1cccs1)C1CC(O)C1. The van der Waals surface area contributed by atoms with Crippen molar-refractivity contribution in [1.82, 2.24) is 5.32 Å². The van der Waals surface area contributed by atoms with Gasteiger partial charge in [0.1, 0.15) is 0 Å². The zero-order valence-electron chi connectivity index (χ0n) is 13.7. The van der Waals surface area contributed by atoms with Crippen LogP contribution in [0.5, 0.6) is 0 Å². The summed E-state index contributed by atoms with van der Waals surface area (Å²) in [5.41, 5.74) is 0.955. The molecule has 1 aromatic heterocycles. The van der Waals surface area contributed by atoms with E-state index < -0.39 is 10.0 Å². The van der Waals surface area contributed by atoms with Crippen molar-refractivity contribution in [2.75, 3.05) is 0 Å². The van der Waals surface area contributed by atoms with Gasteiger partial charge in [0, 0.05) is 10.4 Å². The Kier molecular flexibility index (Phi) is 4.97. The average Bonchev–Trinajstić information content (AvgIpc) is 3.03. The van der Waals surface area contributed by atoms with Crippen molar-refractivity contribution in [3.05, 3.63) is 51.7 Å². The van der Waals surface area contributed by atoms with Gasteiger partial charge in [-0.3, -0.25) is 4.79 Å². The van der Waals surface area contributed by atoms with Crippen molar-refractivity contribution in [3.63, 3.8) is 0 Å². The first-order valence-corrected chi connectivity index (χ1v) is 10.3. The third-order valence-electron chi connectivity index (χ3n) is 4.54. The van der Waals surface area contributed by atoms with Crippen LogP contribution in [-0.2, 0) is 10.0 Å². The number of hydrogen-bond acceptors (Lipinski definition) is 5. The number of nitrogens with two attached hydrogens (primary N) is 1. The molecule has 1 aliphatic carbocycles. The summed E-state index contributed by atoms with van der Waals surface area (Å²) in [6, 6.07) is 7.94. The largest absolute Gasteiger partial charge is 0.393 e. The Morgan fingerprint density at radius 1 is 1.36 bits per heavy atom. The number of aliphatic hydroxyl groups excluding tert-OH is 1. The van der Waals surface area contributed by atoms with E-state index in [4.69, 9.17) is 5.14 Å². The Morgan fingerprint density at radius 3 is 2.64 bits per heavy atom. The fourth-order valence-electron chi connectivity index (χ4n) is 3.03. The van der Waals surface area contributed by atoms with Gasteiger partial charge in [0.2, 0.25) is 10.0 Å². The zero-order chi connectivity index (χ0) is 18.2. The van der Waals surface area contributed by atoms with E-state index in [1.54, 1.807) is 24.3 Å². The molecule has 0 aliphatic heterocycles. The summed E-state index contributed by atoms with van der Waals surface area (Å²) in [7, 11) is -3.88. The molecule has 1 saturated carbocycles. The van der Waals surface area contributed by atoms with Crippen molar-refractivity contribution >= 4 is 27.3 Å². The number of thiophene rings is 1. The van der Waals surface area contributed by atoms with Gasteiger partial charge in [-0.15, -0.1) is 11.3 Å². The lowest BCUT2D eigenvalue weighted by molar-refractivity contribution is 0.0241. The van der Waals surface area contributed by atoms with Crippen molar-refractivity contribution in [1.29, 1.82) is 0 Å². The molecule has 6 nitrogen and oxygen atoms in total. The second kappa shape index (κ2) is 6.87. The Hall–Kier alpha value is -1.74. The third kappa shape index (κ3) is 3.92. The smallest absolute Gasteiger partial charge is 0.252 e. The van der Waals surface area contributed by atoms with Gasteiger partial charge in [-0.1, -0.05) is 12.1 Å². The average molecular weight is 380 g/mol. The molecule has 1 fully saturated rings. The highest BCUT2D eigenvalue weighted by Gasteiger charge is 2.36. The van der Waals surface area contributed by atoms with Crippen LogP contribution in [0.3, 0.4) is 0 Å². The van der Waals surface area contributed by atoms with Crippen LogP contribution in [0.25, 0.3) is 0 Å². The van der Waals surface area contributed by atoms with E-state index in [-0.39, 0.29) is 34.4 Å². The first-order chi connectivity index (χ1) is 11.8. The van der Waals surface area contributed by atoms with Crippen LogP contribution in [-0.4, -0.2) is 25.5 Å². The van der Waals surface area contributed by atoms with Crippen LogP contribution >= 0.6 is 11.3 Å². The number of sulfonamides is 1. The Bertz CT molecular complexity index is 872. The third-order valence-corrected chi connectivity index (χ3v) is 6.41. The molecule has 1 heterocycles. The number of primary sulfonamides is 1. The number of carbonyl (C=O) groups excluding carboxylic acids is 1. The molecule has 0 saturated heterocycles. The number of aliphatic hydroxyl groups is 1. The maximum atomic E-state index is 12.8. The van der Waals surface area contributed by atoms with E-state index in [1.165, 1.54) is 12.1 Å². The lowest BCUT2D eigenvalue weighted by Gasteiger charge is -2.37. The van der Waals surface area contributed by atoms with Crippen molar-refractivity contribution in [2.45, 2.75) is 36.8 Å². The Balaban J connectivity index is 1.87. The van der Waals surface area contributed by atoms with Crippen molar-refractivity contribution in [2.24, 2.45) is 11.1 Å². The fraction of sp³-hybridized carbons (Fsp3) is 0.353. The summed E-state index contributed by atoms with van der Waals surface area (Å²) >= 11 is 1.55. The molecule has 0 radical (unpaired) electrons. The molecule has 134 valence electrons. The minimum absolute atomic E-state index is 0.0880. The first kappa shape index (κ1) is 18.1. The molecule has 1 amide bonds. The van der Waals surface area contributed by atoms with E-state index in [1.807, 2.05) is 17.5 Å². The monoisotopic (exact) mass is 380 g/mol. The van der Waals surface area contributed by atoms with Crippen LogP contribution in [0.1, 0.15) is 39.7 Å². The molecule has 1 aromatic carbocycles. The number of hydrogen-bond donors (Lipinski definition) is 3. The molecule has 25 heavy (non-hydrogen) atoms. The van der Waals surface area contributed by atoms with Gasteiger partial charge >= 0.3 is 0 Å². The summed E-state index contributed by atoms with van der Waals surface area (Å²) in [6.07, 6.45) is 0.953. The Labute approximate surface area is 150 Å². The van der Waals surface area contributed by atoms with Gasteiger partial charge in [0.25, 0.3) is 5.91 Å². The number of amides is 1. The highest BCUT2D eigenvalue weighted by Crippen LogP contribution is 2.39. The van der Waals surface area contributed by atoms with E-state index in [0.29, 0.717) is 18.4 Å². The standard InChI is InChI=1S/C17H20N2O4S2/c1-10-4-5-13(25(18,22)23)9-14(10)17(21)19-16(11-7-12(20)8-11)15-3-2-6-24-15/h2-6,9,11-12,16,20H,7-8H2,1H3,(H,19,21)(H2,18,22,23)/t11?,12?,16-/m0/s1. The molecular formula is C17H20N2O4S2. The minimum atomic E-state index is -3.88. The van der Waals surface area contributed by atoms with Gasteiger partial charge in [0.15, 0.2) is 0 Å². The molecule has 1 aliphatic rings. The van der Waals surface area contributed by atoms with E-state index >= 15 is 0 Å². The molecule has 4 N–H and O–H groups in total. The zero-order valence-corrected chi connectivity index (χ0v) is 15.3. The summed E-state index contributed by atoms with van der Waals surface area (Å²) in [6.45, 7) is 1.75. The first-order valence-electron chi connectivity index (χ1n) is 7.91. The second-order valence-electron chi connectivity index (χ2n) is 6.37. The number of nitrogens with one attached hydrogen (secondary N) is 1. The normalized spacial score (nSPS) is 21.4. The molecule has 1 atom stereocenters. The predicted octanol–water partition coefficient (Wildman–Crippen LogP) is 1.95. The topological polar surface area (TPSA) is 109 Å². The maximum absolute atomic E-state index is 12.8. The van der Waals surface area contributed by atoms with Crippen molar-refractivity contribution in [3.8, 4) is 0 Å². The lowest BCUT2D eigenvalue weighted by atomic mass is 9.76. The number of rotatable bonds is 5. The highest BCUT2D eigenvalue weighted by atomic mass is 32.2. The number of aryl methyl sites for hydroxylation is 1. The number of carbonyl (C=O) groups is 1. The molecule has 8 heteroatoms. The molecule has 2 aromatic rings. The predicted molar refractivity (Wildman–Crippen MR) is 95.8 cm³/mol. The van der Waals surface area contributed by atoms with E-state index in [0.717, 1.165) is 4.88 Å². The summed E-state index contributed by atoms with van der Waals surface area (Å²) < 4.78 is 23.1. The summed E-state index contributed by atoms with van der Waals surface area (Å²) in [5, 5.41) is 19.7. The van der Waals surface area contributed by atoms with E-state index in [9.17, 15) is 18.3 Å².